The van der Waals surface area contributed by atoms with Crippen LogP contribution in [0.15, 0.2) is 12.4 Å². The van der Waals surface area contributed by atoms with E-state index in [0.717, 1.165) is 12.1 Å². The highest BCUT2D eigenvalue weighted by molar-refractivity contribution is 7.80. The lowest BCUT2D eigenvalue weighted by atomic mass is 9.88. The van der Waals surface area contributed by atoms with Crippen LogP contribution in [0.5, 0.6) is 0 Å². The van der Waals surface area contributed by atoms with Crippen LogP contribution in [0.1, 0.15) is 89.4 Å². The zero-order valence-electron chi connectivity index (χ0n) is 13.5. The van der Waals surface area contributed by atoms with Gasteiger partial charge in [0.1, 0.15) is 6.33 Å². The Balaban J connectivity index is 0.000000956. The minimum Gasteiger partial charge on any atom is -0.241 e. The molecule has 2 atom stereocenters. The van der Waals surface area contributed by atoms with Crippen LogP contribution in [-0.4, -0.2) is 15.2 Å². The molecule has 2 unspecified atom stereocenters. The molecule has 1 aliphatic rings. The maximum absolute atomic E-state index is 4.71. The second-order valence-corrected chi connectivity index (χ2v) is 6.48. The molecule has 3 heteroatoms. The topological polar surface area (TPSA) is 25.8 Å². The van der Waals surface area contributed by atoms with Gasteiger partial charge in [0.15, 0.2) is 0 Å². The summed E-state index contributed by atoms with van der Waals surface area (Å²) in [6, 6.07) is 2.21. The molecule has 1 heterocycles. The van der Waals surface area contributed by atoms with E-state index in [1.807, 2.05) is 13.8 Å². The Hall–Kier alpha value is -0.570. The quantitative estimate of drug-likeness (QED) is 0.743. The average Bonchev–Trinajstić information content (AvgIpc) is 2.45. The number of rotatable bonds is 2. The predicted molar refractivity (Wildman–Crippen MR) is 90.7 cm³/mol. The molecule has 0 aromatic carbocycles. The molecule has 0 spiro atoms. The third-order valence-corrected chi connectivity index (χ3v) is 4.33. The van der Waals surface area contributed by atoms with Gasteiger partial charge in [-0.25, -0.2) is 9.97 Å². The van der Waals surface area contributed by atoms with E-state index in [1.54, 1.807) is 6.33 Å². The van der Waals surface area contributed by atoms with Gasteiger partial charge in [0.2, 0.25) is 0 Å². The normalized spacial score (nSPS) is 23.5. The minimum absolute atomic E-state index is 0.479. The molecule has 1 fully saturated rings. The van der Waals surface area contributed by atoms with Crippen LogP contribution in [-0.2, 0) is 0 Å². The minimum atomic E-state index is 0.479. The van der Waals surface area contributed by atoms with Crippen molar-refractivity contribution < 1.29 is 0 Å². The van der Waals surface area contributed by atoms with E-state index in [2.05, 4.69) is 29.9 Å². The SMILES string of the molecule is CC.CC(C)c1cc(C2CCCCCC(S)C2)ncn1. The summed E-state index contributed by atoms with van der Waals surface area (Å²) < 4.78 is 0. The fraction of sp³-hybridized carbons (Fsp3) is 0.765. The van der Waals surface area contributed by atoms with Crippen molar-refractivity contribution in [3.8, 4) is 0 Å². The molecule has 0 radical (unpaired) electrons. The maximum Gasteiger partial charge on any atom is 0.115 e. The van der Waals surface area contributed by atoms with Crippen molar-refractivity contribution in [3.05, 3.63) is 23.8 Å². The molecule has 1 aromatic heterocycles. The molecule has 0 N–H and O–H groups in total. The second kappa shape index (κ2) is 9.38. The first-order valence-electron chi connectivity index (χ1n) is 8.16. The third kappa shape index (κ3) is 5.43. The van der Waals surface area contributed by atoms with E-state index in [9.17, 15) is 0 Å². The van der Waals surface area contributed by atoms with Crippen molar-refractivity contribution in [2.45, 2.75) is 83.3 Å². The van der Waals surface area contributed by atoms with Gasteiger partial charge in [-0.05, 0) is 31.2 Å². The molecular weight excluding hydrogens is 264 g/mol. The highest BCUT2D eigenvalue weighted by Crippen LogP contribution is 2.32. The summed E-state index contributed by atoms with van der Waals surface area (Å²) in [5.74, 6) is 1.06. The smallest absolute Gasteiger partial charge is 0.115 e. The van der Waals surface area contributed by atoms with Crippen molar-refractivity contribution in [1.29, 1.82) is 0 Å². The summed E-state index contributed by atoms with van der Waals surface area (Å²) >= 11 is 4.71. The summed E-state index contributed by atoms with van der Waals surface area (Å²) in [5.41, 5.74) is 2.40. The van der Waals surface area contributed by atoms with Gasteiger partial charge in [-0.1, -0.05) is 47.0 Å². The second-order valence-electron chi connectivity index (χ2n) is 5.75. The Morgan fingerprint density at radius 2 is 1.80 bits per heavy atom. The number of thiol groups is 1. The molecule has 20 heavy (non-hydrogen) atoms. The Morgan fingerprint density at radius 1 is 1.10 bits per heavy atom. The summed E-state index contributed by atoms with van der Waals surface area (Å²) in [4.78, 5) is 8.87. The van der Waals surface area contributed by atoms with Crippen LogP contribution in [0.3, 0.4) is 0 Å². The van der Waals surface area contributed by atoms with Gasteiger partial charge in [-0.2, -0.15) is 12.6 Å². The van der Waals surface area contributed by atoms with E-state index < -0.39 is 0 Å². The average molecular weight is 295 g/mol. The maximum atomic E-state index is 4.71. The van der Waals surface area contributed by atoms with E-state index in [-0.39, 0.29) is 0 Å². The first-order valence-corrected chi connectivity index (χ1v) is 8.68. The first kappa shape index (κ1) is 17.5. The molecule has 2 nitrogen and oxygen atoms in total. The lowest BCUT2D eigenvalue weighted by Crippen LogP contribution is -2.13. The largest absolute Gasteiger partial charge is 0.241 e. The zero-order valence-corrected chi connectivity index (χ0v) is 14.4. The fourth-order valence-corrected chi connectivity index (χ4v) is 3.14. The van der Waals surface area contributed by atoms with Crippen LogP contribution in [0.4, 0.5) is 0 Å². The molecule has 2 rings (SSSR count). The molecular formula is C17H30N2S. The molecule has 1 saturated carbocycles. The fourth-order valence-electron chi connectivity index (χ4n) is 2.71. The Bertz CT molecular complexity index is 379. The van der Waals surface area contributed by atoms with Crippen LogP contribution < -0.4 is 0 Å². The summed E-state index contributed by atoms with van der Waals surface area (Å²) in [6.45, 7) is 8.37. The third-order valence-electron chi connectivity index (χ3n) is 3.87. The van der Waals surface area contributed by atoms with Crippen molar-refractivity contribution in [3.63, 3.8) is 0 Å². The van der Waals surface area contributed by atoms with Gasteiger partial charge in [-0.15, -0.1) is 0 Å². The van der Waals surface area contributed by atoms with Crippen LogP contribution in [0.2, 0.25) is 0 Å². The molecule has 0 amide bonds. The van der Waals surface area contributed by atoms with E-state index >= 15 is 0 Å². The number of aromatic nitrogens is 2. The Kier molecular flexibility index (Phi) is 8.20. The molecule has 114 valence electrons. The van der Waals surface area contributed by atoms with Crippen molar-refractivity contribution in [2.24, 2.45) is 0 Å². The highest BCUT2D eigenvalue weighted by Gasteiger charge is 2.20. The van der Waals surface area contributed by atoms with Crippen LogP contribution in [0.25, 0.3) is 0 Å². The summed E-state index contributed by atoms with van der Waals surface area (Å²) in [7, 11) is 0. The zero-order chi connectivity index (χ0) is 15.0. The van der Waals surface area contributed by atoms with E-state index in [0.29, 0.717) is 17.1 Å². The molecule has 1 aliphatic carbocycles. The summed E-state index contributed by atoms with van der Waals surface area (Å²) in [5, 5.41) is 0.535. The standard InChI is InChI=1S/C15H24N2S.C2H6/c1-11(2)14-9-15(17-10-16-14)12-6-4-3-5-7-13(18)8-12;1-2/h9-13,18H,3-8H2,1-2H3;1-2H3. The lowest BCUT2D eigenvalue weighted by Gasteiger charge is -2.23. The monoisotopic (exact) mass is 294 g/mol. The van der Waals surface area contributed by atoms with Gasteiger partial charge in [0.05, 0.1) is 0 Å². The van der Waals surface area contributed by atoms with Gasteiger partial charge < -0.3 is 0 Å². The van der Waals surface area contributed by atoms with Crippen molar-refractivity contribution in [1.82, 2.24) is 9.97 Å². The van der Waals surface area contributed by atoms with Gasteiger partial charge >= 0.3 is 0 Å². The van der Waals surface area contributed by atoms with E-state index in [4.69, 9.17) is 12.6 Å². The van der Waals surface area contributed by atoms with Crippen LogP contribution >= 0.6 is 12.6 Å². The number of hydrogen-bond acceptors (Lipinski definition) is 3. The highest BCUT2D eigenvalue weighted by atomic mass is 32.1. The lowest BCUT2D eigenvalue weighted by molar-refractivity contribution is 0.457. The molecule has 0 bridgehead atoms. The van der Waals surface area contributed by atoms with Gasteiger partial charge in [0, 0.05) is 22.6 Å². The molecule has 0 saturated heterocycles. The Morgan fingerprint density at radius 3 is 2.50 bits per heavy atom. The van der Waals surface area contributed by atoms with Crippen molar-refractivity contribution in [2.75, 3.05) is 0 Å². The van der Waals surface area contributed by atoms with E-state index in [1.165, 1.54) is 37.8 Å². The predicted octanol–water partition coefficient (Wildman–Crippen LogP) is 5.36. The number of hydrogen-bond donors (Lipinski definition) is 1. The molecule has 1 aromatic rings. The Labute approximate surface area is 130 Å². The first-order chi connectivity index (χ1) is 9.66. The summed E-state index contributed by atoms with van der Waals surface area (Å²) in [6.07, 6.45) is 9.41. The number of nitrogens with zero attached hydrogens (tertiary/aromatic N) is 2. The molecule has 0 aliphatic heterocycles. The van der Waals surface area contributed by atoms with Crippen molar-refractivity contribution >= 4 is 12.6 Å². The van der Waals surface area contributed by atoms with Gasteiger partial charge in [0.25, 0.3) is 0 Å². The van der Waals surface area contributed by atoms with Crippen LogP contribution in [0, 0.1) is 0 Å². The van der Waals surface area contributed by atoms with Gasteiger partial charge in [-0.3, -0.25) is 0 Å².